The molecule has 0 aliphatic carbocycles. The molecule has 0 N–H and O–H groups in total. The van der Waals surface area contributed by atoms with Crippen LogP contribution in [0.2, 0.25) is 5.02 Å². The number of carbonyl (C=O) groups excluding carboxylic acids is 1. The molecule has 0 aromatic heterocycles. The first-order valence-electron chi connectivity index (χ1n) is 5.64. The smallest absolute Gasteiger partial charge is 0.150 e. The molecule has 86 valence electrons. The highest BCUT2D eigenvalue weighted by molar-refractivity contribution is 8.00. The predicted molar refractivity (Wildman–Crippen MR) is 70.3 cm³/mol. The third kappa shape index (κ3) is 3.26. The van der Waals surface area contributed by atoms with Crippen molar-refractivity contribution >= 4 is 29.1 Å². The number of hydrogen-bond acceptors (Lipinski definition) is 2. The molecule has 1 unspecified atom stereocenters. The van der Waals surface area contributed by atoms with Gasteiger partial charge < -0.3 is 0 Å². The summed E-state index contributed by atoms with van der Waals surface area (Å²) in [5.41, 5.74) is 1.03. The summed E-state index contributed by atoms with van der Waals surface area (Å²) in [6, 6.07) is 7.59. The molecular formula is C13H15ClOS. The number of ketones is 1. The number of carbonyl (C=O) groups is 1. The lowest BCUT2D eigenvalue weighted by molar-refractivity contribution is -0.118. The number of rotatable bonds is 3. The van der Waals surface area contributed by atoms with Gasteiger partial charge in [0.25, 0.3) is 0 Å². The van der Waals surface area contributed by atoms with Gasteiger partial charge in [0.1, 0.15) is 5.78 Å². The first kappa shape index (κ1) is 12.0. The van der Waals surface area contributed by atoms with Crippen LogP contribution in [-0.2, 0) is 11.2 Å². The lowest BCUT2D eigenvalue weighted by Gasteiger charge is -2.19. The van der Waals surface area contributed by atoms with Crippen molar-refractivity contribution < 1.29 is 4.79 Å². The van der Waals surface area contributed by atoms with E-state index in [0.717, 1.165) is 17.7 Å². The van der Waals surface area contributed by atoms with Crippen LogP contribution in [0.1, 0.15) is 24.8 Å². The predicted octanol–water partition coefficient (Wildman–Crippen LogP) is 3.74. The molecule has 16 heavy (non-hydrogen) atoms. The van der Waals surface area contributed by atoms with E-state index >= 15 is 0 Å². The number of hydrogen-bond donors (Lipinski definition) is 0. The SMILES string of the molecule is O=C(Cc1cccc(Cl)c1)C1CCCCS1. The molecule has 1 fully saturated rings. The highest BCUT2D eigenvalue weighted by atomic mass is 35.5. The van der Waals surface area contributed by atoms with Gasteiger partial charge in [-0.25, -0.2) is 0 Å². The van der Waals surface area contributed by atoms with Crippen molar-refractivity contribution in [2.75, 3.05) is 5.75 Å². The minimum absolute atomic E-state index is 0.215. The van der Waals surface area contributed by atoms with Crippen molar-refractivity contribution in [2.45, 2.75) is 30.9 Å². The van der Waals surface area contributed by atoms with Crippen molar-refractivity contribution in [3.63, 3.8) is 0 Å². The number of Topliss-reactive ketones (excluding diaryl/α,β-unsaturated/α-hetero) is 1. The normalized spacial score (nSPS) is 20.7. The fraction of sp³-hybridized carbons (Fsp3) is 0.462. The van der Waals surface area contributed by atoms with Gasteiger partial charge in [-0.2, -0.15) is 11.8 Å². The van der Waals surface area contributed by atoms with Crippen molar-refractivity contribution in [1.29, 1.82) is 0 Å². The lowest BCUT2D eigenvalue weighted by Crippen LogP contribution is -2.22. The molecular weight excluding hydrogens is 240 g/mol. The van der Waals surface area contributed by atoms with Gasteiger partial charge in [-0.05, 0) is 36.3 Å². The van der Waals surface area contributed by atoms with Crippen LogP contribution >= 0.6 is 23.4 Å². The molecule has 1 aromatic carbocycles. The maximum Gasteiger partial charge on any atom is 0.150 e. The molecule has 2 rings (SSSR count). The Labute approximate surface area is 106 Å². The van der Waals surface area contributed by atoms with E-state index in [9.17, 15) is 4.79 Å². The van der Waals surface area contributed by atoms with E-state index in [1.807, 2.05) is 36.0 Å². The molecule has 0 amide bonds. The monoisotopic (exact) mass is 254 g/mol. The second-order valence-electron chi connectivity index (χ2n) is 4.13. The molecule has 1 saturated heterocycles. The summed E-state index contributed by atoms with van der Waals surface area (Å²) in [6.45, 7) is 0. The van der Waals surface area contributed by atoms with Crippen LogP contribution in [0, 0.1) is 0 Å². The van der Waals surface area contributed by atoms with Gasteiger partial charge in [0.2, 0.25) is 0 Å². The summed E-state index contributed by atoms with van der Waals surface area (Å²) in [5, 5.41) is 0.925. The Morgan fingerprint density at radius 1 is 1.44 bits per heavy atom. The quantitative estimate of drug-likeness (QED) is 0.818. The Morgan fingerprint density at radius 3 is 3.00 bits per heavy atom. The van der Waals surface area contributed by atoms with Crippen LogP contribution in [0.5, 0.6) is 0 Å². The summed E-state index contributed by atoms with van der Waals surface area (Å²) < 4.78 is 0. The Morgan fingerprint density at radius 2 is 2.31 bits per heavy atom. The zero-order chi connectivity index (χ0) is 11.4. The molecule has 0 spiro atoms. The third-order valence-electron chi connectivity index (χ3n) is 2.81. The summed E-state index contributed by atoms with van der Waals surface area (Å²) in [7, 11) is 0. The number of halogens is 1. The second-order valence-corrected chi connectivity index (χ2v) is 5.88. The van der Waals surface area contributed by atoms with Gasteiger partial charge in [-0.1, -0.05) is 30.2 Å². The van der Waals surface area contributed by atoms with Crippen LogP contribution in [0.3, 0.4) is 0 Å². The summed E-state index contributed by atoms with van der Waals surface area (Å²) >= 11 is 7.71. The standard InChI is InChI=1S/C13H15ClOS/c14-11-5-3-4-10(8-11)9-12(15)13-6-1-2-7-16-13/h3-5,8,13H,1-2,6-7,9H2. The summed E-state index contributed by atoms with van der Waals surface area (Å²) in [5.74, 6) is 1.48. The van der Waals surface area contributed by atoms with Gasteiger partial charge in [0.15, 0.2) is 0 Å². The van der Waals surface area contributed by atoms with Gasteiger partial charge in [-0.3, -0.25) is 4.79 Å². The van der Waals surface area contributed by atoms with E-state index < -0.39 is 0 Å². The topological polar surface area (TPSA) is 17.1 Å². The maximum absolute atomic E-state index is 12.0. The van der Waals surface area contributed by atoms with Gasteiger partial charge in [0.05, 0.1) is 5.25 Å². The molecule has 1 heterocycles. The Balaban J connectivity index is 1.96. The molecule has 1 aliphatic heterocycles. The molecule has 0 radical (unpaired) electrons. The van der Waals surface area contributed by atoms with E-state index in [4.69, 9.17) is 11.6 Å². The third-order valence-corrected chi connectivity index (χ3v) is 4.47. The van der Waals surface area contributed by atoms with E-state index in [2.05, 4.69) is 0 Å². The Kier molecular flexibility index (Phi) is 4.30. The molecule has 1 atom stereocenters. The van der Waals surface area contributed by atoms with Crippen LogP contribution in [-0.4, -0.2) is 16.8 Å². The minimum Gasteiger partial charge on any atom is -0.298 e. The average molecular weight is 255 g/mol. The zero-order valence-corrected chi connectivity index (χ0v) is 10.7. The van der Waals surface area contributed by atoms with Crippen LogP contribution in [0.4, 0.5) is 0 Å². The van der Waals surface area contributed by atoms with Crippen molar-refractivity contribution in [3.05, 3.63) is 34.9 Å². The second kappa shape index (κ2) is 5.74. The largest absolute Gasteiger partial charge is 0.298 e. The fourth-order valence-corrected chi connectivity index (χ4v) is 3.43. The van der Waals surface area contributed by atoms with Crippen LogP contribution in [0.15, 0.2) is 24.3 Å². The first-order valence-corrected chi connectivity index (χ1v) is 7.07. The lowest BCUT2D eigenvalue weighted by atomic mass is 10.0. The molecule has 3 heteroatoms. The summed E-state index contributed by atoms with van der Waals surface area (Å²) in [6.07, 6.45) is 4.02. The van der Waals surface area contributed by atoms with Crippen molar-refractivity contribution in [2.24, 2.45) is 0 Å². The molecule has 1 aromatic rings. The average Bonchev–Trinajstić information content (AvgIpc) is 2.30. The minimum atomic E-state index is 0.215. The van der Waals surface area contributed by atoms with E-state index in [0.29, 0.717) is 17.2 Å². The molecule has 1 aliphatic rings. The van der Waals surface area contributed by atoms with E-state index in [1.165, 1.54) is 12.8 Å². The Hall–Kier alpha value is -0.470. The van der Waals surface area contributed by atoms with E-state index in [1.54, 1.807) is 0 Å². The van der Waals surface area contributed by atoms with Crippen molar-refractivity contribution in [3.8, 4) is 0 Å². The molecule has 1 nitrogen and oxygen atoms in total. The number of benzene rings is 1. The van der Waals surface area contributed by atoms with E-state index in [-0.39, 0.29) is 5.25 Å². The molecule has 0 saturated carbocycles. The maximum atomic E-state index is 12.0. The first-order chi connectivity index (χ1) is 7.75. The van der Waals surface area contributed by atoms with Gasteiger partial charge in [0, 0.05) is 11.4 Å². The van der Waals surface area contributed by atoms with Crippen LogP contribution < -0.4 is 0 Å². The fourth-order valence-electron chi connectivity index (χ4n) is 1.96. The highest BCUT2D eigenvalue weighted by Gasteiger charge is 2.21. The summed E-state index contributed by atoms with van der Waals surface area (Å²) in [4.78, 5) is 12.0. The van der Waals surface area contributed by atoms with Crippen molar-refractivity contribution in [1.82, 2.24) is 0 Å². The van der Waals surface area contributed by atoms with Gasteiger partial charge >= 0.3 is 0 Å². The zero-order valence-electron chi connectivity index (χ0n) is 9.12. The molecule has 0 bridgehead atoms. The number of thioether (sulfide) groups is 1. The van der Waals surface area contributed by atoms with Crippen LogP contribution in [0.25, 0.3) is 0 Å². The highest BCUT2D eigenvalue weighted by Crippen LogP contribution is 2.26. The van der Waals surface area contributed by atoms with Gasteiger partial charge in [-0.15, -0.1) is 0 Å². The Bertz CT molecular complexity index is 372.